The first-order valence-corrected chi connectivity index (χ1v) is 7.51. The minimum atomic E-state index is -0.980. The van der Waals surface area contributed by atoms with Crippen LogP contribution in [0.4, 0.5) is 4.39 Å². The third-order valence-electron chi connectivity index (χ3n) is 3.23. The highest BCUT2D eigenvalue weighted by molar-refractivity contribution is 7.84. The van der Waals surface area contributed by atoms with E-state index in [0.717, 1.165) is 24.0 Å². The van der Waals surface area contributed by atoms with Gasteiger partial charge in [0.1, 0.15) is 5.82 Å². The molecule has 1 atom stereocenters. The largest absolute Gasteiger partial charge is 0.381 e. The second-order valence-corrected chi connectivity index (χ2v) is 6.17. The maximum Gasteiger partial charge on any atom is 0.123 e. The Morgan fingerprint density at radius 1 is 1.33 bits per heavy atom. The van der Waals surface area contributed by atoms with Gasteiger partial charge < -0.3 is 10.5 Å². The van der Waals surface area contributed by atoms with Crippen molar-refractivity contribution in [2.45, 2.75) is 30.4 Å². The van der Waals surface area contributed by atoms with Gasteiger partial charge in [-0.2, -0.15) is 0 Å². The van der Waals surface area contributed by atoms with Crippen molar-refractivity contribution in [3.05, 3.63) is 35.1 Å². The first-order valence-electron chi connectivity index (χ1n) is 6.13. The van der Waals surface area contributed by atoms with Gasteiger partial charge in [-0.05, 0) is 36.1 Å². The molecule has 2 N–H and O–H groups in total. The van der Waals surface area contributed by atoms with Gasteiger partial charge in [0.05, 0.1) is 0 Å². The van der Waals surface area contributed by atoms with Gasteiger partial charge in [0.2, 0.25) is 0 Å². The van der Waals surface area contributed by atoms with Gasteiger partial charge in [-0.15, -0.1) is 0 Å². The molecule has 18 heavy (non-hydrogen) atoms. The predicted octanol–water partition coefficient (Wildman–Crippen LogP) is 1.71. The fraction of sp³-hybridized carbons (Fsp3) is 0.538. The van der Waals surface area contributed by atoms with Gasteiger partial charge in [-0.3, -0.25) is 4.21 Å². The number of benzene rings is 1. The number of hydrogen-bond donors (Lipinski definition) is 1. The van der Waals surface area contributed by atoms with E-state index in [2.05, 4.69) is 0 Å². The van der Waals surface area contributed by atoms with E-state index in [-0.39, 0.29) is 11.1 Å². The number of ether oxygens (including phenoxy) is 1. The lowest BCUT2D eigenvalue weighted by molar-refractivity contribution is 0.0992. The number of hydrogen-bond acceptors (Lipinski definition) is 3. The van der Waals surface area contributed by atoms with Crippen molar-refractivity contribution in [1.82, 2.24) is 0 Å². The standard InChI is InChI=1S/C13H18FNO2S/c14-12-2-1-10(8-15)11(7-12)9-18(16)13-3-5-17-6-4-13/h1-2,7,13H,3-6,8-9,15H2. The fourth-order valence-corrected chi connectivity index (χ4v) is 3.67. The second-order valence-electron chi connectivity index (χ2n) is 4.45. The topological polar surface area (TPSA) is 52.3 Å². The Bertz CT molecular complexity index is 433. The van der Waals surface area contributed by atoms with Crippen LogP contribution in [0.5, 0.6) is 0 Å². The Kier molecular flexibility index (Phi) is 4.86. The first kappa shape index (κ1) is 13.6. The molecular formula is C13H18FNO2S. The third-order valence-corrected chi connectivity index (χ3v) is 5.04. The van der Waals surface area contributed by atoms with Crippen molar-refractivity contribution in [2.75, 3.05) is 13.2 Å². The first-order chi connectivity index (χ1) is 8.70. The minimum Gasteiger partial charge on any atom is -0.381 e. The van der Waals surface area contributed by atoms with Crippen LogP contribution in [0.25, 0.3) is 0 Å². The van der Waals surface area contributed by atoms with Gasteiger partial charge in [0, 0.05) is 41.6 Å². The molecule has 5 heteroatoms. The predicted molar refractivity (Wildman–Crippen MR) is 70.0 cm³/mol. The molecule has 1 saturated heterocycles. The van der Waals surface area contributed by atoms with Crippen molar-refractivity contribution >= 4 is 10.8 Å². The number of nitrogens with two attached hydrogens (primary N) is 1. The zero-order valence-corrected chi connectivity index (χ0v) is 11.0. The second kappa shape index (κ2) is 6.41. The summed E-state index contributed by atoms with van der Waals surface area (Å²) in [4.78, 5) is 0. The van der Waals surface area contributed by atoms with Crippen LogP contribution in [-0.4, -0.2) is 22.7 Å². The molecule has 0 amide bonds. The summed E-state index contributed by atoms with van der Waals surface area (Å²) in [6.07, 6.45) is 1.64. The van der Waals surface area contributed by atoms with Gasteiger partial charge >= 0.3 is 0 Å². The van der Waals surface area contributed by atoms with Crippen molar-refractivity contribution < 1.29 is 13.3 Å². The molecule has 0 aliphatic carbocycles. The summed E-state index contributed by atoms with van der Waals surface area (Å²) in [5.74, 6) is 0.0841. The van der Waals surface area contributed by atoms with Crippen LogP contribution in [-0.2, 0) is 27.8 Å². The molecule has 1 aliphatic rings. The smallest absolute Gasteiger partial charge is 0.123 e. The Hall–Kier alpha value is -0.780. The van der Waals surface area contributed by atoms with E-state index in [1.54, 1.807) is 6.07 Å². The molecule has 1 heterocycles. The molecule has 1 fully saturated rings. The van der Waals surface area contributed by atoms with Crippen molar-refractivity contribution in [3.8, 4) is 0 Å². The van der Waals surface area contributed by atoms with Gasteiger partial charge in [-0.1, -0.05) is 6.07 Å². The molecule has 1 aromatic carbocycles. The van der Waals surface area contributed by atoms with E-state index in [9.17, 15) is 8.60 Å². The number of rotatable bonds is 4. The maximum absolute atomic E-state index is 13.2. The van der Waals surface area contributed by atoms with Crippen LogP contribution in [0.1, 0.15) is 24.0 Å². The minimum absolute atomic E-state index is 0.160. The molecule has 1 unspecified atom stereocenters. The summed E-state index contributed by atoms with van der Waals surface area (Å²) in [7, 11) is -0.980. The molecule has 1 aliphatic heterocycles. The highest BCUT2D eigenvalue weighted by atomic mass is 32.2. The fourth-order valence-electron chi connectivity index (χ4n) is 2.14. The summed E-state index contributed by atoms with van der Waals surface area (Å²) < 4.78 is 30.7. The van der Waals surface area contributed by atoms with E-state index in [0.29, 0.717) is 25.5 Å². The Labute approximate surface area is 109 Å². The lowest BCUT2D eigenvalue weighted by Gasteiger charge is -2.21. The molecule has 0 spiro atoms. The van der Waals surface area contributed by atoms with E-state index >= 15 is 0 Å². The van der Waals surface area contributed by atoms with E-state index < -0.39 is 10.8 Å². The van der Waals surface area contributed by atoms with Crippen LogP contribution in [0.15, 0.2) is 18.2 Å². The highest BCUT2D eigenvalue weighted by Crippen LogP contribution is 2.19. The molecular weight excluding hydrogens is 253 g/mol. The monoisotopic (exact) mass is 271 g/mol. The van der Waals surface area contributed by atoms with Gasteiger partial charge in [0.15, 0.2) is 0 Å². The Morgan fingerprint density at radius 2 is 2.06 bits per heavy atom. The van der Waals surface area contributed by atoms with Gasteiger partial charge in [-0.25, -0.2) is 4.39 Å². The molecule has 0 radical (unpaired) electrons. The number of halogens is 1. The van der Waals surface area contributed by atoms with Crippen molar-refractivity contribution in [2.24, 2.45) is 5.73 Å². The van der Waals surface area contributed by atoms with Crippen molar-refractivity contribution in [1.29, 1.82) is 0 Å². The maximum atomic E-state index is 13.2. The van der Waals surface area contributed by atoms with E-state index in [1.807, 2.05) is 0 Å². The van der Waals surface area contributed by atoms with Crippen LogP contribution >= 0.6 is 0 Å². The third kappa shape index (κ3) is 3.37. The van der Waals surface area contributed by atoms with Crippen LogP contribution in [0, 0.1) is 5.82 Å². The Balaban J connectivity index is 2.07. The molecule has 2 rings (SSSR count). The zero-order chi connectivity index (χ0) is 13.0. The van der Waals surface area contributed by atoms with E-state index in [1.165, 1.54) is 12.1 Å². The van der Waals surface area contributed by atoms with Crippen LogP contribution in [0.2, 0.25) is 0 Å². The molecule has 100 valence electrons. The molecule has 0 bridgehead atoms. The SMILES string of the molecule is NCc1ccc(F)cc1CS(=O)C1CCOCC1. The average Bonchev–Trinajstić information content (AvgIpc) is 2.40. The zero-order valence-electron chi connectivity index (χ0n) is 10.2. The summed E-state index contributed by atoms with van der Waals surface area (Å²) in [6.45, 7) is 1.69. The van der Waals surface area contributed by atoms with E-state index in [4.69, 9.17) is 10.5 Å². The Morgan fingerprint density at radius 3 is 2.72 bits per heavy atom. The van der Waals surface area contributed by atoms with Crippen LogP contribution in [0.3, 0.4) is 0 Å². The molecule has 1 aromatic rings. The molecule has 0 saturated carbocycles. The summed E-state index contributed by atoms with van der Waals surface area (Å²) >= 11 is 0. The molecule has 3 nitrogen and oxygen atoms in total. The lowest BCUT2D eigenvalue weighted by Crippen LogP contribution is -2.26. The van der Waals surface area contributed by atoms with Crippen LogP contribution < -0.4 is 5.73 Å². The normalized spacial score (nSPS) is 18.8. The quantitative estimate of drug-likeness (QED) is 0.907. The average molecular weight is 271 g/mol. The van der Waals surface area contributed by atoms with Crippen molar-refractivity contribution in [3.63, 3.8) is 0 Å². The lowest BCUT2D eigenvalue weighted by atomic mass is 10.1. The highest BCUT2D eigenvalue weighted by Gasteiger charge is 2.21. The van der Waals surface area contributed by atoms with Gasteiger partial charge in [0.25, 0.3) is 0 Å². The summed E-state index contributed by atoms with van der Waals surface area (Å²) in [5.41, 5.74) is 7.25. The molecule has 0 aromatic heterocycles. The summed E-state index contributed by atoms with van der Waals surface area (Å²) in [6, 6.07) is 4.51. The summed E-state index contributed by atoms with van der Waals surface area (Å²) in [5, 5.41) is 0.160.